The summed E-state index contributed by atoms with van der Waals surface area (Å²) < 4.78 is 0. The fourth-order valence-corrected chi connectivity index (χ4v) is 2.30. The van der Waals surface area contributed by atoms with Crippen LogP contribution >= 0.6 is 0 Å². The topological polar surface area (TPSA) is 20.3 Å². The molecule has 0 aliphatic carbocycles. The molecule has 1 aliphatic heterocycles. The van der Waals surface area contributed by atoms with Gasteiger partial charge in [0.2, 0.25) is 5.91 Å². The van der Waals surface area contributed by atoms with Crippen LogP contribution in [0.15, 0.2) is 24.8 Å². The van der Waals surface area contributed by atoms with Gasteiger partial charge in [-0.3, -0.25) is 4.79 Å². The predicted octanol–water partition coefficient (Wildman–Crippen LogP) is 5.50. The largest absolute Gasteiger partial charge is 0.343 e. The van der Waals surface area contributed by atoms with Crippen molar-refractivity contribution in [2.24, 2.45) is 0 Å². The molecule has 0 atom stereocenters. The van der Waals surface area contributed by atoms with Crippen LogP contribution in [0.2, 0.25) is 0 Å². The van der Waals surface area contributed by atoms with E-state index in [1.165, 1.54) is 50.5 Å². The number of rotatable bonds is 8. The zero-order valence-corrected chi connectivity index (χ0v) is 14.3. The lowest BCUT2D eigenvalue weighted by atomic mass is 10.1. The third kappa shape index (κ3) is 11.3. The van der Waals surface area contributed by atoms with E-state index in [1.54, 1.807) is 0 Å². The summed E-state index contributed by atoms with van der Waals surface area (Å²) in [4.78, 5) is 13.7. The number of unbranched alkanes of at least 4 members (excludes halogenated alkanes) is 3. The highest BCUT2D eigenvalue weighted by Crippen LogP contribution is 2.13. The first-order valence-corrected chi connectivity index (χ1v) is 8.71. The summed E-state index contributed by atoms with van der Waals surface area (Å²) in [5, 5.41) is 0. The molecule has 0 aromatic rings. The number of amides is 1. The van der Waals surface area contributed by atoms with Gasteiger partial charge in [-0.15, -0.1) is 6.58 Å². The van der Waals surface area contributed by atoms with E-state index in [9.17, 15) is 4.79 Å². The second-order valence-electron chi connectivity index (χ2n) is 5.83. The van der Waals surface area contributed by atoms with E-state index in [2.05, 4.69) is 27.0 Å². The SMILES string of the molecule is C=C(CC)CCC(=O)N1CCCCC1.C=CCCCCC. The first-order valence-electron chi connectivity index (χ1n) is 8.71. The van der Waals surface area contributed by atoms with Crippen LogP contribution in [0.3, 0.4) is 0 Å². The van der Waals surface area contributed by atoms with Gasteiger partial charge in [0.25, 0.3) is 0 Å². The van der Waals surface area contributed by atoms with Gasteiger partial charge < -0.3 is 4.90 Å². The van der Waals surface area contributed by atoms with Gasteiger partial charge in [0.05, 0.1) is 0 Å². The predicted molar refractivity (Wildman–Crippen MR) is 93.4 cm³/mol. The summed E-state index contributed by atoms with van der Waals surface area (Å²) in [5.74, 6) is 0.319. The minimum absolute atomic E-state index is 0.319. The molecular formula is C19H35NO. The van der Waals surface area contributed by atoms with Crippen LogP contribution in [0.5, 0.6) is 0 Å². The first kappa shape index (κ1) is 19.9. The number of allylic oxidation sites excluding steroid dienone is 2. The maximum absolute atomic E-state index is 11.7. The molecule has 0 N–H and O–H groups in total. The van der Waals surface area contributed by atoms with Gasteiger partial charge in [-0.2, -0.15) is 0 Å². The van der Waals surface area contributed by atoms with Gasteiger partial charge >= 0.3 is 0 Å². The van der Waals surface area contributed by atoms with Crippen LogP contribution in [0.4, 0.5) is 0 Å². The summed E-state index contributed by atoms with van der Waals surface area (Å²) in [6, 6.07) is 0. The minimum atomic E-state index is 0.319. The summed E-state index contributed by atoms with van der Waals surface area (Å²) in [7, 11) is 0. The molecule has 0 aromatic carbocycles. The van der Waals surface area contributed by atoms with E-state index < -0.39 is 0 Å². The number of hydrogen-bond donors (Lipinski definition) is 0. The molecule has 2 nitrogen and oxygen atoms in total. The zero-order chi connectivity index (χ0) is 15.9. The van der Waals surface area contributed by atoms with Crippen molar-refractivity contribution in [1.29, 1.82) is 0 Å². The van der Waals surface area contributed by atoms with Gasteiger partial charge in [-0.05, 0) is 44.9 Å². The fourth-order valence-electron chi connectivity index (χ4n) is 2.30. The molecule has 0 bridgehead atoms. The second-order valence-corrected chi connectivity index (χ2v) is 5.83. The van der Waals surface area contributed by atoms with E-state index in [-0.39, 0.29) is 0 Å². The lowest BCUT2D eigenvalue weighted by Crippen LogP contribution is -2.35. The van der Waals surface area contributed by atoms with Crippen LogP contribution < -0.4 is 0 Å². The molecule has 1 aliphatic rings. The highest BCUT2D eigenvalue weighted by molar-refractivity contribution is 5.76. The fraction of sp³-hybridized carbons (Fsp3) is 0.737. The van der Waals surface area contributed by atoms with Crippen LogP contribution in [0.1, 0.15) is 78.1 Å². The number of carbonyl (C=O) groups excluding carboxylic acids is 1. The average molecular weight is 293 g/mol. The van der Waals surface area contributed by atoms with Crippen LogP contribution in [-0.4, -0.2) is 23.9 Å². The monoisotopic (exact) mass is 293 g/mol. The number of hydrogen-bond acceptors (Lipinski definition) is 1. The van der Waals surface area contributed by atoms with Crippen molar-refractivity contribution in [3.8, 4) is 0 Å². The molecule has 122 valence electrons. The Morgan fingerprint density at radius 1 is 1.10 bits per heavy atom. The van der Waals surface area contributed by atoms with Crippen molar-refractivity contribution < 1.29 is 4.79 Å². The van der Waals surface area contributed by atoms with Gasteiger partial charge in [0.1, 0.15) is 0 Å². The van der Waals surface area contributed by atoms with E-state index in [1.807, 2.05) is 11.0 Å². The molecule has 0 spiro atoms. The van der Waals surface area contributed by atoms with Crippen molar-refractivity contribution in [1.82, 2.24) is 4.90 Å². The Kier molecular flexibility index (Phi) is 13.2. The quantitative estimate of drug-likeness (QED) is 0.427. The Hall–Kier alpha value is -1.05. The standard InChI is InChI=1S/C12H21NO.C7H14/c1-3-11(2)7-8-12(14)13-9-5-4-6-10-13;1-3-5-7-6-4-2/h2-10H2,1H3;3H,1,4-7H2,2H3. The van der Waals surface area contributed by atoms with Gasteiger partial charge in [0.15, 0.2) is 0 Å². The highest BCUT2D eigenvalue weighted by Gasteiger charge is 2.15. The van der Waals surface area contributed by atoms with Gasteiger partial charge in [-0.1, -0.05) is 44.9 Å². The van der Waals surface area contributed by atoms with Crippen molar-refractivity contribution in [3.63, 3.8) is 0 Å². The van der Waals surface area contributed by atoms with E-state index in [4.69, 9.17) is 0 Å². The molecule has 1 saturated heterocycles. The summed E-state index contributed by atoms with van der Waals surface area (Å²) in [6.45, 7) is 13.8. The number of likely N-dealkylation sites (tertiary alicyclic amines) is 1. The molecule has 0 radical (unpaired) electrons. The van der Waals surface area contributed by atoms with Crippen molar-refractivity contribution >= 4 is 5.91 Å². The normalized spacial score (nSPS) is 14.1. The maximum Gasteiger partial charge on any atom is 0.222 e. The van der Waals surface area contributed by atoms with Crippen LogP contribution in [0, 0.1) is 0 Å². The molecule has 0 aromatic heterocycles. The van der Waals surface area contributed by atoms with Crippen LogP contribution in [-0.2, 0) is 4.79 Å². The number of piperidine rings is 1. The van der Waals surface area contributed by atoms with E-state index in [0.29, 0.717) is 12.3 Å². The van der Waals surface area contributed by atoms with E-state index >= 15 is 0 Å². The van der Waals surface area contributed by atoms with Crippen molar-refractivity contribution in [2.45, 2.75) is 78.1 Å². The highest BCUT2D eigenvalue weighted by atomic mass is 16.2. The third-order valence-electron chi connectivity index (χ3n) is 3.91. The maximum atomic E-state index is 11.7. The van der Waals surface area contributed by atoms with Crippen LogP contribution in [0.25, 0.3) is 0 Å². The molecule has 0 saturated carbocycles. The lowest BCUT2D eigenvalue weighted by Gasteiger charge is -2.26. The molecule has 21 heavy (non-hydrogen) atoms. The number of carbonyl (C=O) groups is 1. The Morgan fingerprint density at radius 3 is 2.29 bits per heavy atom. The lowest BCUT2D eigenvalue weighted by molar-refractivity contribution is -0.132. The Morgan fingerprint density at radius 2 is 1.76 bits per heavy atom. The molecule has 1 fully saturated rings. The van der Waals surface area contributed by atoms with Crippen molar-refractivity contribution in [3.05, 3.63) is 24.8 Å². The zero-order valence-electron chi connectivity index (χ0n) is 14.3. The Balaban J connectivity index is 0.000000486. The van der Waals surface area contributed by atoms with Gasteiger partial charge in [-0.25, -0.2) is 0 Å². The summed E-state index contributed by atoms with van der Waals surface area (Å²) in [5.41, 5.74) is 1.19. The molecule has 1 rings (SSSR count). The van der Waals surface area contributed by atoms with Gasteiger partial charge in [0, 0.05) is 19.5 Å². The third-order valence-corrected chi connectivity index (χ3v) is 3.91. The van der Waals surface area contributed by atoms with Crippen molar-refractivity contribution in [2.75, 3.05) is 13.1 Å². The Bertz CT molecular complexity index is 290. The smallest absolute Gasteiger partial charge is 0.222 e. The molecule has 1 amide bonds. The number of nitrogens with zero attached hydrogens (tertiary/aromatic N) is 1. The molecule has 1 heterocycles. The Labute approximate surface area is 132 Å². The molecular weight excluding hydrogens is 258 g/mol. The first-order chi connectivity index (χ1) is 10.2. The average Bonchev–Trinajstić information content (AvgIpc) is 2.54. The molecule has 0 unspecified atom stereocenters. The second kappa shape index (κ2) is 13.9. The minimum Gasteiger partial charge on any atom is -0.343 e. The summed E-state index contributed by atoms with van der Waals surface area (Å²) in [6.07, 6.45) is 13.3. The summed E-state index contributed by atoms with van der Waals surface area (Å²) >= 11 is 0. The molecule has 2 heteroatoms. The van der Waals surface area contributed by atoms with E-state index in [0.717, 1.165) is 25.9 Å².